The molecule has 3 amide bonds. The van der Waals surface area contributed by atoms with Gasteiger partial charge < -0.3 is 29.7 Å². The summed E-state index contributed by atoms with van der Waals surface area (Å²) in [5, 5.41) is 5.64. The van der Waals surface area contributed by atoms with Crippen molar-refractivity contribution in [3.63, 3.8) is 0 Å². The molecule has 2 aliphatic heterocycles. The average Bonchev–Trinajstić information content (AvgIpc) is 3.08. The molecule has 0 spiro atoms. The Hall–Kier alpha value is -3.42. The lowest BCUT2D eigenvalue weighted by molar-refractivity contribution is -0.117. The zero-order valence-electron chi connectivity index (χ0n) is 16.1. The Morgan fingerprint density at radius 1 is 1.14 bits per heavy atom. The third-order valence-electron chi connectivity index (χ3n) is 4.72. The Morgan fingerprint density at radius 2 is 1.90 bits per heavy atom. The van der Waals surface area contributed by atoms with Crippen LogP contribution in [0, 0.1) is 0 Å². The van der Waals surface area contributed by atoms with Gasteiger partial charge in [0.25, 0.3) is 0 Å². The molecule has 1 unspecified atom stereocenters. The SMILES string of the molecule is CCOc1ccc(N2CC(NC(=O)Nc3ccc4c(c3)OCCO4)CC2=O)cc1. The Labute approximate surface area is 168 Å². The average molecular weight is 397 g/mol. The molecule has 0 bridgehead atoms. The number of carbonyl (C=O) groups excluding carboxylic acids is 2. The molecule has 1 fully saturated rings. The lowest BCUT2D eigenvalue weighted by Crippen LogP contribution is -2.39. The summed E-state index contributed by atoms with van der Waals surface area (Å²) < 4.78 is 16.4. The Morgan fingerprint density at radius 3 is 2.66 bits per heavy atom. The standard InChI is InChI=1S/C21H23N3O5/c1-2-27-17-6-4-16(5-7-17)24-13-15(12-20(24)25)23-21(26)22-14-3-8-18-19(11-14)29-10-9-28-18/h3-8,11,15H,2,9-10,12-13H2,1H3,(H2,22,23,26). The van der Waals surface area contributed by atoms with E-state index < -0.39 is 0 Å². The van der Waals surface area contributed by atoms with Crippen LogP contribution in [0.5, 0.6) is 17.2 Å². The van der Waals surface area contributed by atoms with E-state index in [2.05, 4.69) is 10.6 Å². The van der Waals surface area contributed by atoms with E-state index in [1.54, 1.807) is 23.1 Å². The summed E-state index contributed by atoms with van der Waals surface area (Å²) in [7, 11) is 0. The van der Waals surface area contributed by atoms with Crippen molar-refractivity contribution in [2.24, 2.45) is 0 Å². The molecule has 0 saturated carbocycles. The van der Waals surface area contributed by atoms with Crippen molar-refractivity contribution in [2.45, 2.75) is 19.4 Å². The minimum atomic E-state index is -0.368. The van der Waals surface area contributed by atoms with Crippen LogP contribution >= 0.6 is 0 Å². The van der Waals surface area contributed by atoms with Gasteiger partial charge in [-0.25, -0.2) is 4.79 Å². The van der Waals surface area contributed by atoms with E-state index in [-0.39, 0.29) is 24.4 Å². The van der Waals surface area contributed by atoms with E-state index in [1.807, 2.05) is 31.2 Å². The predicted molar refractivity (Wildman–Crippen MR) is 108 cm³/mol. The largest absolute Gasteiger partial charge is 0.494 e. The number of anilines is 2. The van der Waals surface area contributed by atoms with E-state index >= 15 is 0 Å². The first kappa shape index (κ1) is 18.9. The smallest absolute Gasteiger partial charge is 0.319 e. The number of rotatable bonds is 5. The summed E-state index contributed by atoms with van der Waals surface area (Å²) in [4.78, 5) is 26.4. The molecule has 2 aromatic carbocycles. The maximum Gasteiger partial charge on any atom is 0.319 e. The first-order chi connectivity index (χ1) is 14.1. The lowest BCUT2D eigenvalue weighted by Gasteiger charge is -2.20. The van der Waals surface area contributed by atoms with Crippen LogP contribution in [0.25, 0.3) is 0 Å². The van der Waals surface area contributed by atoms with Gasteiger partial charge in [0, 0.05) is 30.4 Å². The van der Waals surface area contributed by atoms with E-state index in [0.29, 0.717) is 43.6 Å². The van der Waals surface area contributed by atoms with Crippen molar-refractivity contribution in [3.05, 3.63) is 42.5 Å². The van der Waals surface area contributed by atoms with Gasteiger partial charge >= 0.3 is 6.03 Å². The van der Waals surface area contributed by atoms with Gasteiger partial charge in [-0.1, -0.05) is 0 Å². The van der Waals surface area contributed by atoms with Gasteiger partial charge in [0.05, 0.1) is 12.6 Å². The fourth-order valence-electron chi connectivity index (χ4n) is 3.42. The highest BCUT2D eigenvalue weighted by Gasteiger charge is 2.31. The normalized spacial score (nSPS) is 17.8. The van der Waals surface area contributed by atoms with Gasteiger partial charge in [-0.2, -0.15) is 0 Å². The maximum absolute atomic E-state index is 12.4. The molecule has 8 nitrogen and oxygen atoms in total. The van der Waals surface area contributed by atoms with Crippen LogP contribution in [0.1, 0.15) is 13.3 Å². The minimum Gasteiger partial charge on any atom is -0.494 e. The Balaban J connectivity index is 1.34. The highest BCUT2D eigenvalue weighted by Crippen LogP contribution is 2.32. The zero-order valence-corrected chi connectivity index (χ0v) is 16.1. The summed E-state index contributed by atoms with van der Waals surface area (Å²) in [5.74, 6) is 2.00. The quantitative estimate of drug-likeness (QED) is 0.810. The molecule has 0 aromatic heterocycles. The number of nitrogens with one attached hydrogen (secondary N) is 2. The van der Waals surface area contributed by atoms with Crippen molar-refractivity contribution in [1.29, 1.82) is 0 Å². The first-order valence-corrected chi connectivity index (χ1v) is 9.63. The van der Waals surface area contributed by atoms with E-state index in [0.717, 1.165) is 11.4 Å². The Kier molecular flexibility index (Phi) is 5.41. The molecule has 2 aromatic rings. The molecule has 1 saturated heterocycles. The summed E-state index contributed by atoms with van der Waals surface area (Å²) in [6.45, 7) is 3.92. The van der Waals surface area contributed by atoms with E-state index in [1.165, 1.54) is 0 Å². The summed E-state index contributed by atoms with van der Waals surface area (Å²) in [5.41, 5.74) is 1.38. The number of carbonyl (C=O) groups is 2. The summed E-state index contributed by atoms with van der Waals surface area (Å²) >= 11 is 0. The number of hydrogen-bond donors (Lipinski definition) is 2. The van der Waals surface area contributed by atoms with Gasteiger partial charge in [0.1, 0.15) is 19.0 Å². The van der Waals surface area contributed by atoms with Crippen LogP contribution in [0.2, 0.25) is 0 Å². The first-order valence-electron chi connectivity index (χ1n) is 9.63. The van der Waals surface area contributed by atoms with Crippen LogP contribution in [0.15, 0.2) is 42.5 Å². The third-order valence-corrected chi connectivity index (χ3v) is 4.72. The lowest BCUT2D eigenvalue weighted by atomic mass is 10.2. The third kappa shape index (κ3) is 4.37. The molecular weight excluding hydrogens is 374 g/mol. The number of ether oxygens (including phenoxy) is 3. The van der Waals surface area contributed by atoms with Gasteiger partial charge in [-0.3, -0.25) is 4.79 Å². The topological polar surface area (TPSA) is 89.1 Å². The van der Waals surface area contributed by atoms with Crippen LogP contribution in [0.4, 0.5) is 16.2 Å². The second-order valence-corrected chi connectivity index (χ2v) is 6.79. The molecule has 8 heteroatoms. The van der Waals surface area contributed by atoms with Crippen LogP contribution < -0.4 is 29.7 Å². The second-order valence-electron chi connectivity index (χ2n) is 6.79. The molecule has 0 radical (unpaired) electrons. The van der Waals surface area contributed by atoms with Crippen LogP contribution in [-0.4, -0.2) is 44.3 Å². The molecule has 29 heavy (non-hydrogen) atoms. The number of fused-ring (bicyclic) bond motifs is 1. The number of nitrogens with zero attached hydrogens (tertiary/aromatic N) is 1. The number of urea groups is 1. The molecule has 0 aliphatic carbocycles. The number of benzene rings is 2. The van der Waals surface area contributed by atoms with Gasteiger partial charge in [0.15, 0.2) is 11.5 Å². The number of hydrogen-bond acceptors (Lipinski definition) is 5. The second kappa shape index (κ2) is 8.30. The fraction of sp³-hybridized carbons (Fsp3) is 0.333. The molecule has 4 rings (SSSR count). The van der Waals surface area contributed by atoms with Gasteiger partial charge in [-0.15, -0.1) is 0 Å². The minimum absolute atomic E-state index is 0.0289. The summed E-state index contributed by atoms with van der Waals surface area (Å²) in [6, 6.07) is 12.0. The van der Waals surface area contributed by atoms with Crippen molar-refractivity contribution in [3.8, 4) is 17.2 Å². The number of amides is 3. The molecule has 1 atom stereocenters. The molecule has 2 heterocycles. The van der Waals surface area contributed by atoms with Crippen molar-refractivity contribution in [2.75, 3.05) is 36.6 Å². The van der Waals surface area contributed by atoms with Crippen LogP contribution in [-0.2, 0) is 4.79 Å². The molecule has 152 valence electrons. The molecule has 2 aliphatic rings. The molecule has 2 N–H and O–H groups in total. The Bertz CT molecular complexity index is 900. The van der Waals surface area contributed by atoms with E-state index in [9.17, 15) is 9.59 Å². The van der Waals surface area contributed by atoms with Gasteiger partial charge in [-0.05, 0) is 43.3 Å². The van der Waals surface area contributed by atoms with Crippen molar-refractivity contribution in [1.82, 2.24) is 5.32 Å². The predicted octanol–water partition coefficient (Wildman–Crippen LogP) is 2.78. The highest BCUT2D eigenvalue weighted by atomic mass is 16.6. The zero-order chi connectivity index (χ0) is 20.2. The van der Waals surface area contributed by atoms with Gasteiger partial charge in [0.2, 0.25) is 5.91 Å². The summed E-state index contributed by atoms with van der Waals surface area (Å²) in [6.07, 6.45) is 0.252. The molecular formula is C21H23N3O5. The fourth-order valence-corrected chi connectivity index (χ4v) is 3.42. The van der Waals surface area contributed by atoms with E-state index in [4.69, 9.17) is 14.2 Å². The van der Waals surface area contributed by atoms with Crippen molar-refractivity contribution < 1.29 is 23.8 Å². The van der Waals surface area contributed by atoms with Crippen LogP contribution in [0.3, 0.4) is 0 Å². The van der Waals surface area contributed by atoms with Crippen molar-refractivity contribution >= 4 is 23.3 Å². The maximum atomic E-state index is 12.4. The monoisotopic (exact) mass is 397 g/mol. The highest BCUT2D eigenvalue weighted by molar-refractivity contribution is 5.97.